The van der Waals surface area contributed by atoms with E-state index in [1.54, 1.807) is 18.5 Å². The van der Waals surface area contributed by atoms with Crippen molar-refractivity contribution < 1.29 is 4.39 Å². The third-order valence-electron chi connectivity index (χ3n) is 2.35. The first kappa shape index (κ1) is 12.8. The molecule has 6 heteroatoms. The highest BCUT2D eigenvalue weighted by molar-refractivity contribution is 5.59. The minimum absolute atomic E-state index is 0.0132. The van der Waals surface area contributed by atoms with Gasteiger partial charge in [-0.1, -0.05) is 0 Å². The van der Waals surface area contributed by atoms with Gasteiger partial charge >= 0.3 is 0 Å². The van der Waals surface area contributed by atoms with Crippen molar-refractivity contribution in [3.8, 4) is 6.07 Å². The number of nitrogens with one attached hydrogen (secondary N) is 2. The zero-order valence-electron chi connectivity index (χ0n) is 10.3. The fraction of sp³-hybridized carbons (Fsp3) is 0.154. The van der Waals surface area contributed by atoms with Crippen LogP contribution in [-0.2, 0) is 0 Å². The standard InChI is InChI=1S/C13H12FN5/c1-2-17-12-7-16-8-13(19-12)18-10-3-4-11(14)9(5-10)6-15/h3-5,7-8H,2H2,1H3,(H2,17,18,19). The lowest BCUT2D eigenvalue weighted by atomic mass is 10.2. The van der Waals surface area contributed by atoms with Crippen LogP contribution in [0.2, 0.25) is 0 Å². The Hall–Kier alpha value is -2.68. The van der Waals surface area contributed by atoms with Gasteiger partial charge in [-0.2, -0.15) is 5.26 Å². The van der Waals surface area contributed by atoms with Crippen LogP contribution >= 0.6 is 0 Å². The molecular weight excluding hydrogens is 245 g/mol. The number of halogens is 1. The molecule has 0 saturated carbocycles. The van der Waals surface area contributed by atoms with Crippen molar-refractivity contribution in [3.63, 3.8) is 0 Å². The van der Waals surface area contributed by atoms with Crippen LogP contribution in [0, 0.1) is 17.1 Å². The quantitative estimate of drug-likeness (QED) is 0.880. The summed E-state index contributed by atoms with van der Waals surface area (Å²) in [4.78, 5) is 8.31. The summed E-state index contributed by atoms with van der Waals surface area (Å²) in [5.41, 5.74) is 0.571. The summed E-state index contributed by atoms with van der Waals surface area (Å²) in [5.74, 6) is 0.629. The van der Waals surface area contributed by atoms with Crippen molar-refractivity contribution in [2.75, 3.05) is 17.2 Å². The van der Waals surface area contributed by atoms with Gasteiger partial charge in [0.05, 0.1) is 18.0 Å². The number of nitrogens with zero attached hydrogens (tertiary/aromatic N) is 3. The number of anilines is 3. The van der Waals surface area contributed by atoms with Crippen LogP contribution in [0.3, 0.4) is 0 Å². The summed E-state index contributed by atoms with van der Waals surface area (Å²) in [6.45, 7) is 2.70. The Morgan fingerprint density at radius 1 is 1.32 bits per heavy atom. The van der Waals surface area contributed by atoms with Crippen LogP contribution < -0.4 is 10.6 Å². The zero-order chi connectivity index (χ0) is 13.7. The van der Waals surface area contributed by atoms with Crippen LogP contribution in [-0.4, -0.2) is 16.5 Å². The molecular formula is C13H12FN5. The van der Waals surface area contributed by atoms with Crippen molar-refractivity contribution in [3.05, 3.63) is 42.0 Å². The normalized spacial score (nSPS) is 9.74. The van der Waals surface area contributed by atoms with E-state index < -0.39 is 5.82 Å². The molecule has 96 valence electrons. The summed E-state index contributed by atoms with van der Waals surface area (Å²) >= 11 is 0. The lowest BCUT2D eigenvalue weighted by molar-refractivity contribution is 0.624. The molecule has 0 aliphatic heterocycles. The molecule has 0 bridgehead atoms. The average molecular weight is 257 g/mol. The Labute approximate surface area is 110 Å². The number of rotatable bonds is 4. The molecule has 0 amide bonds. The third-order valence-corrected chi connectivity index (χ3v) is 2.35. The van der Waals surface area contributed by atoms with E-state index in [1.807, 2.05) is 6.92 Å². The van der Waals surface area contributed by atoms with Crippen molar-refractivity contribution in [2.45, 2.75) is 6.92 Å². The molecule has 0 aliphatic carbocycles. The minimum atomic E-state index is -0.541. The molecule has 2 N–H and O–H groups in total. The van der Waals surface area contributed by atoms with Gasteiger partial charge in [0.25, 0.3) is 0 Å². The average Bonchev–Trinajstić information content (AvgIpc) is 2.42. The van der Waals surface area contributed by atoms with Crippen molar-refractivity contribution in [2.24, 2.45) is 0 Å². The van der Waals surface area contributed by atoms with E-state index in [1.165, 1.54) is 18.2 Å². The minimum Gasteiger partial charge on any atom is -0.369 e. The zero-order valence-corrected chi connectivity index (χ0v) is 10.3. The predicted molar refractivity (Wildman–Crippen MR) is 70.6 cm³/mol. The smallest absolute Gasteiger partial charge is 0.151 e. The Bertz CT molecular complexity index is 621. The lowest BCUT2D eigenvalue weighted by Crippen LogP contribution is -2.02. The Kier molecular flexibility index (Phi) is 3.88. The van der Waals surface area contributed by atoms with Crippen LogP contribution in [0.25, 0.3) is 0 Å². The highest BCUT2D eigenvalue weighted by Gasteiger charge is 2.04. The third kappa shape index (κ3) is 3.16. The van der Waals surface area contributed by atoms with Gasteiger partial charge in [0.15, 0.2) is 5.82 Å². The second-order valence-corrected chi connectivity index (χ2v) is 3.75. The Morgan fingerprint density at radius 3 is 2.84 bits per heavy atom. The SMILES string of the molecule is CCNc1cncc(Nc2ccc(F)c(C#N)c2)n1. The molecule has 0 atom stereocenters. The Morgan fingerprint density at radius 2 is 2.11 bits per heavy atom. The van der Waals surface area contributed by atoms with E-state index in [4.69, 9.17) is 5.26 Å². The molecule has 1 heterocycles. The summed E-state index contributed by atoms with van der Waals surface area (Å²) in [7, 11) is 0. The van der Waals surface area contributed by atoms with Crippen molar-refractivity contribution in [1.82, 2.24) is 9.97 Å². The van der Waals surface area contributed by atoms with Crippen molar-refractivity contribution >= 4 is 17.3 Å². The second-order valence-electron chi connectivity index (χ2n) is 3.75. The van der Waals surface area contributed by atoms with Gasteiger partial charge in [-0.3, -0.25) is 4.98 Å². The monoisotopic (exact) mass is 257 g/mol. The number of aromatic nitrogens is 2. The van der Waals surface area contributed by atoms with E-state index in [0.717, 1.165) is 6.54 Å². The maximum atomic E-state index is 13.2. The summed E-state index contributed by atoms with van der Waals surface area (Å²) in [5, 5.41) is 14.8. The molecule has 0 spiro atoms. The second kappa shape index (κ2) is 5.78. The van der Waals surface area contributed by atoms with Crippen molar-refractivity contribution in [1.29, 1.82) is 5.26 Å². The number of nitriles is 1. The summed E-state index contributed by atoms with van der Waals surface area (Å²) < 4.78 is 13.2. The fourth-order valence-corrected chi connectivity index (χ4v) is 1.53. The van der Waals surface area contributed by atoms with E-state index in [2.05, 4.69) is 20.6 Å². The number of hydrogen-bond acceptors (Lipinski definition) is 5. The first-order valence-corrected chi connectivity index (χ1v) is 5.75. The first-order chi connectivity index (χ1) is 9.22. The van der Waals surface area contributed by atoms with Gasteiger partial charge in [-0.25, -0.2) is 9.37 Å². The van der Waals surface area contributed by atoms with Gasteiger partial charge in [0.1, 0.15) is 17.7 Å². The molecule has 5 nitrogen and oxygen atoms in total. The first-order valence-electron chi connectivity index (χ1n) is 5.75. The maximum absolute atomic E-state index is 13.2. The molecule has 2 rings (SSSR count). The van der Waals surface area contributed by atoms with Gasteiger partial charge < -0.3 is 10.6 Å². The van der Waals surface area contributed by atoms with Crippen LogP contribution in [0.1, 0.15) is 12.5 Å². The van der Waals surface area contributed by atoms with Gasteiger partial charge in [0, 0.05) is 12.2 Å². The highest BCUT2D eigenvalue weighted by Crippen LogP contribution is 2.18. The van der Waals surface area contributed by atoms with E-state index in [-0.39, 0.29) is 5.56 Å². The molecule has 0 aliphatic rings. The number of hydrogen-bond donors (Lipinski definition) is 2. The topological polar surface area (TPSA) is 73.6 Å². The molecule has 0 unspecified atom stereocenters. The molecule has 19 heavy (non-hydrogen) atoms. The molecule has 0 saturated heterocycles. The molecule has 2 aromatic rings. The Balaban J connectivity index is 2.21. The number of benzene rings is 1. The van der Waals surface area contributed by atoms with Gasteiger partial charge in [0.2, 0.25) is 0 Å². The maximum Gasteiger partial charge on any atom is 0.151 e. The van der Waals surface area contributed by atoms with Gasteiger partial charge in [-0.05, 0) is 25.1 Å². The molecule has 1 aromatic heterocycles. The molecule has 0 fully saturated rings. The summed E-state index contributed by atoms with van der Waals surface area (Å²) in [6.07, 6.45) is 3.16. The fourth-order valence-electron chi connectivity index (χ4n) is 1.53. The van der Waals surface area contributed by atoms with Crippen LogP contribution in [0.4, 0.5) is 21.7 Å². The van der Waals surface area contributed by atoms with E-state index >= 15 is 0 Å². The molecule has 0 radical (unpaired) electrons. The van der Waals surface area contributed by atoms with Gasteiger partial charge in [-0.15, -0.1) is 0 Å². The van der Waals surface area contributed by atoms with E-state index in [9.17, 15) is 4.39 Å². The predicted octanol–water partition coefficient (Wildman–Crippen LogP) is 2.66. The lowest BCUT2D eigenvalue weighted by Gasteiger charge is -2.08. The van der Waals surface area contributed by atoms with E-state index in [0.29, 0.717) is 17.3 Å². The van der Waals surface area contributed by atoms with Crippen LogP contribution in [0.5, 0.6) is 0 Å². The van der Waals surface area contributed by atoms with Crippen LogP contribution in [0.15, 0.2) is 30.6 Å². The largest absolute Gasteiger partial charge is 0.369 e. The molecule has 1 aromatic carbocycles. The summed E-state index contributed by atoms with van der Waals surface area (Å²) in [6, 6.07) is 6.00. The highest BCUT2D eigenvalue weighted by atomic mass is 19.1.